The standard InChI is InChI=1S/C23H21BrN4O3/c1-28(2)18-10-8-16(9-11-18)14-20(26-22(29)17-6-4-3-5-7-17)23(30)27-25-15-19-12-13-21(24)31-19/h3-15H,1-2H3,(H,26,29)(H,27,30)/b20-14-,25-15-. The Kier molecular flexibility index (Phi) is 7.40. The maximum atomic E-state index is 12.7. The van der Waals surface area contributed by atoms with Gasteiger partial charge in [0.2, 0.25) is 0 Å². The van der Waals surface area contributed by atoms with Gasteiger partial charge < -0.3 is 14.6 Å². The highest BCUT2D eigenvalue weighted by Gasteiger charge is 2.14. The minimum atomic E-state index is -0.567. The molecule has 0 aliphatic carbocycles. The first-order valence-electron chi connectivity index (χ1n) is 9.36. The van der Waals surface area contributed by atoms with E-state index in [2.05, 4.69) is 31.8 Å². The highest BCUT2D eigenvalue weighted by Crippen LogP contribution is 2.15. The van der Waals surface area contributed by atoms with Crippen molar-refractivity contribution >= 4 is 45.7 Å². The van der Waals surface area contributed by atoms with Crippen LogP contribution in [0.1, 0.15) is 21.7 Å². The summed E-state index contributed by atoms with van der Waals surface area (Å²) in [5.41, 5.74) is 4.68. The molecular formula is C23H21BrN4O3. The van der Waals surface area contributed by atoms with Crippen molar-refractivity contribution in [3.05, 3.63) is 94.0 Å². The first-order chi connectivity index (χ1) is 14.9. The number of hydrogen-bond donors (Lipinski definition) is 2. The number of rotatable bonds is 7. The predicted octanol–water partition coefficient (Wildman–Crippen LogP) is 4.03. The van der Waals surface area contributed by atoms with Gasteiger partial charge >= 0.3 is 0 Å². The van der Waals surface area contributed by atoms with Crippen LogP contribution in [0.15, 0.2) is 86.6 Å². The number of furan rings is 1. The first kappa shape index (κ1) is 22.0. The zero-order valence-electron chi connectivity index (χ0n) is 17.0. The molecule has 0 aliphatic rings. The molecule has 0 saturated heterocycles. The summed E-state index contributed by atoms with van der Waals surface area (Å²) >= 11 is 3.20. The van der Waals surface area contributed by atoms with Crippen molar-refractivity contribution < 1.29 is 14.0 Å². The summed E-state index contributed by atoms with van der Waals surface area (Å²) in [6, 6.07) is 19.6. The van der Waals surface area contributed by atoms with E-state index in [1.54, 1.807) is 42.5 Å². The number of benzene rings is 2. The average Bonchev–Trinajstić information content (AvgIpc) is 3.19. The number of hydrazone groups is 1. The SMILES string of the molecule is CN(C)c1ccc(/C=C(\NC(=O)c2ccccc2)C(=O)N/N=C\c2ccc(Br)o2)cc1. The molecule has 158 valence electrons. The number of carbonyl (C=O) groups excluding carboxylic acids is 2. The molecule has 3 rings (SSSR count). The molecule has 1 aromatic heterocycles. The lowest BCUT2D eigenvalue weighted by molar-refractivity contribution is -0.117. The van der Waals surface area contributed by atoms with Gasteiger partial charge in [-0.1, -0.05) is 30.3 Å². The Morgan fingerprint density at radius 1 is 1.00 bits per heavy atom. The van der Waals surface area contributed by atoms with E-state index >= 15 is 0 Å². The zero-order valence-corrected chi connectivity index (χ0v) is 18.6. The molecule has 0 aliphatic heterocycles. The third kappa shape index (κ3) is 6.42. The molecule has 0 bridgehead atoms. The van der Waals surface area contributed by atoms with E-state index in [0.29, 0.717) is 16.0 Å². The van der Waals surface area contributed by atoms with Crippen LogP contribution in [0.4, 0.5) is 5.69 Å². The molecule has 2 N–H and O–H groups in total. The minimum absolute atomic E-state index is 0.0595. The second-order valence-corrected chi connectivity index (χ2v) is 7.49. The number of amides is 2. The van der Waals surface area contributed by atoms with E-state index in [1.807, 2.05) is 49.3 Å². The number of halogens is 1. The van der Waals surface area contributed by atoms with Crippen molar-refractivity contribution in [1.82, 2.24) is 10.7 Å². The molecule has 0 unspecified atom stereocenters. The Hall–Kier alpha value is -3.65. The summed E-state index contributed by atoms with van der Waals surface area (Å²) in [6.45, 7) is 0. The first-order valence-corrected chi connectivity index (χ1v) is 10.2. The van der Waals surface area contributed by atoms with E-state index in [9.17, 15) is 9.59 Å². The maximum Gasteiger partial charge on any atom is 0.287 e. The lowest BCUT2D eigenvalue weighted by Crippen LogP contribution is -2.32. The molecule has 7 nitrogen and oxygen atoms in total. The monoisotopic (exact) mass is 480 g/mol. The number of nitrogens with zero attached hydrogens (tertiary/aromatic N) is 2. The minimum Gasteiger partial charge on any atom is -0.448 e. The molecular weight excluding hydrogens is 460 g/mol. The van der Waals surface area contributed by atoms with Crippen LogP contribution in [0.25, 0.3) is 6.08 Å². The molecule has 8 heteroatoms. The van der Waals surface area contributed by atoms with E-state index < -0.39 is 11.8 Å². The second kappa shape index (κ2) is 10.4. The number of anilines is 1. The summed E-state index contributed by atoms with van der Waals surface area (Å²) in [4.78, 5) is 27.3. The van der Waals surface area contributed by atoms with Crippen LogP contribution in [-0.2, 0) is 4.79 Å². The van der Waals surface area contributed by atoms with E-state index in [1.165, 1.54) is 6.21 Å². The fourth-order valence-corrected chi connectivity index (χ4v) is 2.91. The quantitative estimate of drug-likeness (QED) is 0.303. The lowest BCUT2D eigenvalue weighted by Gasteiger charge is -2.12. The van der Waals surface area contributed by atoms with Crippen LogP contribution < -0.4 is 15.6 Å². The molecule has 0 spiro atoms. The summed E-state index contributed by atoms with van der Waals surface area (Å²) < 4.78 is 5.85. The van der Waals surface area contributed by atoms with Gasteiger partial charge in [-0.3, -0.25) is 9.59 Å². The Bertz CT molecular complexity index is 1100. The van der Waals surface area contributed by atoms with E-state index in [4.69, 9.17) is 4.42 Å². The average molecular weight is 481 g/mol. The van der Waals surface area contributed by atoms with Gasteiger partial charge in [0.05, 0.1) is 6.21 Å². The molecule has 31 heavy (non-hydrogen) atoms. The van der Waals surface area contributed by atoms with Crippen LogP contribution in [0.2, 0.25) is 0 Å². The Labute approximate surface area is 188 Å². The third-order valence-electron chi connectivity index (χ3n) is 4.20. The van der Waals surface area contributed by atoms with Gasteiger partial charge in [-0.2, -0.15) is 5.10 Å². The largest absolute Gasteiger partial charge is 0.448 e. The van der Waals surface area contributed by atoms with Gasteiger partial charge in [-0.15, -0.1) is 0 Å². The fourth-order valence-electron chi connectivity index (χ4n) is 2.59. The zero-order chi connectivity index (χ0) is 22.2. The van der Waals surface area contributed by atoms with Gasteiger partial charge in [0, 0.05) is 25.3 Å². The summed E-state index contributed by atoms with van der Waals surface area (Å²) in [7, 11) is 3.89. The smallest absolute Gasteiger partial charge is 0.287 e. The van der Waals surface area contributed by atoms with Crippen LogP contribution in [0.3, 0.4) is 0 Å². The van der Waals surface area contributed by atoms with Gasteiger partial charge in [-0.25, -0.2) is 5.43 Å². The highest BCUT2D eigenvalue weighted by molar-refractivity contribution is 9.10. The van der Waals surface area contributed by atoms with Crippen LogP contribution in [0.5, 0.6) is 0 Å². The van der Waals surface area contributed by atoms with Crippen LogP contribution in [-0.4, -0.2) is 32.1 Å². The molecule has 0 radical (unpaired) electrons. The molecule has 0 saturated carbocycles. The van der Waals surface area contributed by atoms with Crippen molar-refractivity contribution in [3.8, 4) is 0 Å². The molecule has 3 aromatic rings. The maximum absolute atomic E-state index is 12.7. The number of carbonyl (C=O) groups is 2. The second-order valence-electron chi connectivity index (χ2n) is 6.71. The van der Waals surface area contributed by atoms with Crippen molar-refractivity contribution in [2.45, 2.75) is 0 Å². The fraction of sp³-hybridized carbons (Fsp3) is 0.0870. The van der Waals surface area contributed by atoms with E-state index in [-0.39, 0.29) is 5.70 Å². The van der Waals surface area contributed by atoms with Crippen molar-refractivity contribution in [1.29, 1.82) is 0 Å². The normalized spacial score (nSPS) is 11.4. The van der Waals surface area contributed by atoms with Gasteiger partial charge in [0.1, 0.15) is 11.5 Å². The Balaban J connectivity index is 1.81. The number of nitrogens with one attached hydrogen (secondary N) is 2. The molecule has 2 amide bonds. The van der Waals surface area contributed by atoms with Crippen LogP contribution in [0, 0.1) is 0 Å². The van der Waals surface area contributed by atoms with Gasteiger partial charge in [0.25, 0.3) is 11.8 Å². The van der Waals surface area contributed by atoms with Gasteiger partial charge in [-0.05, 0) is 64.0 Å². The van der Waals surface area contributed by atoms with Crippen molar-refractivity contribution in [3.63, 3.8) is 0 Å². The molecule has 0 fully saturated rings. The summed E-state index contributed by atoms with van der Waals surface area (Å²) in [5.74, 6) is -0.501. The molecule has 2 aromatic carbocycles. The highest BCUT2D eigenvalue weighted by atomic mass is 79.9. The predicted molar refractivity (Wildman–Crippen MR) is 125 cm³/mol. The summed E-state index contributed by atoms with van der Waals surface area (Å²) in [5, 5.41) is 6.56. The Morgan fingerprint density at radius 3 is 2.32 bits per heavy atom. The lowest BCUT2D eigenvalue weighted by atomic mass is 10.1. The van der Waals surface area contributed by atoms with E-state index in [0.717, 1.165) is 11.3 Å². The molecule has 1 heterocycles. The topological polar surface area (TPSA) is 86.9 Å². The number of hydrogen-bond acceptors (Lipinski definition) is 5. The van der Waals surface area contributed by atoms with Crippen molar-refractivity contribution in [2.24, 2.45) is 5.10 Å². The van der Waals surface area contributed by atoms with Crippen LogP contribution >= 0.6 is 15.9 Å². The molecule has 0 atom stereocenters. The Morgan fingerprint density at radius 2 is 1.71 bits per heavy atom. The third-order valence-corrected chi connectivity index (χ3v) is 4.63. The summed E-state index contributed by atoms with van der Waals surface area (Å²) in [6.07, 6.45) is 2.96. The van der Waals surface area contributed by atoms with Crippen molar-refractivity contribution in [2.75, 3.05) is 19.0 Å². The van der Waals surface area contributed by atoms with Gasteiger partial charge in [0.15, 0.2) is 4.67 Å².